The van der Waals surface area contributed by atoms with Gasteiger partial charge >= 0.3 is 0 Å². The van der Waals surface area contributed by atoms with E-state index in [1.807, 2.05) is 50.2 Å². The van der Waals surface area contributed by atoms with Crippen LogP contribution in [0.5, 0.6) is 0 Å². The Kier molecular flexibility index (Phi) is 5.58. The Morgan fingerprint density at radius 3 is 2.39 bits per heavy atom. The number of para-hydroxylation sites is 1. The summed E-state index contributed by atoms with van der Waals surface area (Å²) in [5.41, 5.74) is 3.42. The molecule has 0 spiro atoms. The highest BCUT2D eigenvalue weighted by molar-refractivity contribution is 7.89. The van der Waals surface area contributed by atoms with Crippen LogP contribution in [0, 0.1) is 13.8 Å². The van der Waals surface area contributed by atoms with Crippen LogP contribution in [0.3, 0.4) is 0 Å². The summed E-state index contributed by atoms with van der Waals surface area (Å²) in [7, 11) is -3.55. The number of nitrogens with one attached hydrogen (secondary N) is 1. The molecular formula is C25H28N4O3S. The number of aryl methyl sites for hydroxylation is 2. The summed E-state index contributed by atoms with van der Waals surface area (Å²) in [6.07, 6.45) is 2.05. The number of anilines is 1. The van der Waals surface area contributed by atoms with Crippen LogP contribution in [0.25, 0.3) is 10.9 Å². The SMILES string of the molecule is Cc1ccc(S(=O)(=O)N2CCN(c3cc(C(=O)NC4CC4)c4ccccc4n3)CC2)cc1C. The van der Waals surface area contributed by atoms with Gasteiger partial charge in [0.25, 0.3) is 5.91 Å². The number of fused-ring (bicyclic) bond motifs is 1. The van der Waals surface area contributed by atoms with Gasteiger partial charge in [-0.1, -0.05) is 24.3 Å². The fraction of sp³-hybridized carbons (Fsp3) is 0.360. The third-order valence-corrected chi connectivity index (χ3v) is 8.43. The second kappa shape index (κ2) is 8.43. The summed E-state index contributed by atoms with van der Waals surface area (Å²) < 4.78 is 27.9. The van der Waals surface area contributed by atoms with Gasteiger partial charge in [0.2, 0.25) is 10.0 Å². The van der Waals surface area contributed by atoms with Gasteiger partial charge in [-0.05, 0) is 62.1 Å². The van der Waals surface area contributed by atoms with Crippen molar-refractivity contribution in [3.63, 3.8) is 0 Å². The predicted molar refractivity (Wildman–Crippen MR) is 129 cm³/mol. The molecule has 0 bridgehead atoms. The van der Waals surface area contributed by atoms with E-state index in [4.69, 9.17) is 4.98 Å². The molecule has 1 saturated carbocycles. The molecule has 0 radical (unpaired) electrons. The third kappa shape index (κ3) is 4.32. The molecule has 2 aliphatic rings. The molecular weight excluding hydrogens is 436 g/mol. The molecule has 2 aromatic carbocycles. The lowest BCUT2D eigenvalue weighted by molar-refractivity contribution is 0.0952. The molecule has 1 aromatic heterocycles. The van der Waals surface area contributed by atoms with Crippen molar-refractivity contribution in [2.75, 3.05) is 31.1 Å². The van der Waals surface area contributed by atoms with Crippen molar-refractivity contribution in [3.05, 3.63) is 65.2 Å². The Bertz CT molecular complexity index is 1330. The molecule has 172 valence electrons. The molecule has 8 heteroatoms. The van der Waals surface area contributed by atoms with Gasteiger partial charge in [-0.25, -0.2) is 13.4 Å². The first-order valence-electron chi connectivity index (χ1n) is 11.4. The lowest BCUT2D eigenvalue weighted by Gasteiger charge is -2.35. The fourth-order valence-electron chi connectivity index (χ4n) is 4.18. The summed E-state index contributed by atoms with van der Waals surface area (Å²) in [4.78, 5) is 20.1. The highest BCUT2D eigenvalue weighted by Gasteiger charge is 2.30. The van der Waals surface area contributed by atoms with Crippen LogP contribution in [0.2, 0.25) is 0 Å². The van der Waals surface area contributed by atoms with Gasteiger partial charge in [-0.2, -0.15) is 4.31 Å². The van der Waals surface area contributed by atoms with Gasteiger partial charge in [-0.15, -0.1) is 0 Å². The van der Waals surface area contributed by atoms with Crippen molar-refractivity contribution in [2.45, 2.75) is 37.6 Å². The molecule has 1 aliphatic carbocycles. The number of pyridine rings is 1. The number of carbonyl (C=O) groups is 1. The van der Waals surface area contributed by atoms with E-state index in [2.05, 4.69) is 10.2 Å². The number of benzene rings is 2. The smallest absolute Gasteiger partial charge is 0.252 e. The average molecular weight is 465 g/mol. The molecule has 1 N–H and O–H groups in total. The van der Waals surface area contributed by atoms with Crippen molar-refractivity contribution < 1.29 is 13.2 Å². The minimum atomic E-state index is -3.55. The lowest BCUT2D eigenvalue weighted by atomic mass is 10.1. The molecule has 2 fully saturated rings. The molecule has 1 saturated heterocycles. The summed E-state index contributed by atoms with van der Waals surface area (Å²) in [5, 5.41) is 3.90. The van der Waals surface area contributed by atoms with E-state index >= 15 is 0 Å². The Hall–Kier alpha value is -2.97. The van der Waals surface area contributed by atoms with Crippen LogP contribution in [-0.2, 0) is 10.0 Å². The molecule has 1 aliphatic heterocycles. The number of hydrogen-bond donors (Lipinski definition) is 1. The minimum absolute atomic E-state index is 0.0756. The number of hydrogen-bond acceptors (Lipinski definition) is 5. The van der Waals surface area contributed by atoms with Gasteiger partial charge in [0, 0.05) is 37.6 Å². The Morgan fingerprint density at radius 1 is 0.970 bits per heavy atom. The van der Waals surface area contributed by atoms with Crippen LogP contribution in [0.4, 0.5) is 5.82 Å². The molecule has 33 heavy (non-hydrogen) atoms. The van der Waals surface area contributed by atoms with E-state index in [1.54, 1.807) is 12.1 Å². The zero-order valence-electron chi connectivity index (χ0n) is 18.9. The molecule has 7 nitrogen and oxygen atoms in total. The summed E-state index contributed by atoms with van der Waals surface area (Å²) in [6, 6.07) is 15.0. The van der Waals surface area contributed by atoms with Crippen molar-refractivity contribution >= 4 is 32.7 Å². The van der Waals surface area contributed by atoms with Gasteiger partial charge in [0.1, 0.15) is 5.82 Å². The van der Waals surface area contributed by atoms with Crippen LogP contribution in [0.1, 0.15) is 34.3 Å². The highest BCUT2D eigenvalue weighted by Crippen LogP contribution is 2.27. The van der Waals surface area contributed by atoms with E-state index in [-0.39, 0.29) is 11.9 Å². The van der Waals surface area contributed by atoms with E-state index in [0.29, 0.717) is 42.5 Å². The van der Waals surface area contributed by atoms with Gasteiger partial charge in [-0.3, -0.25) is 4.79 Å². The van der Waals surface area contributed by atoms with Crippen molar-refractivity contribution in [2.24, 2.45) is 0 Å². The lowest BCUT2D eigenvalue weighted by Crippen LogP contribution is -2.49. The number of piperazine rings is 1. The molecule has 1 amide bonds. The van der Waals surface area contributed by atoms with E-state index in [9.17, 15) is 13.2 Å². The molecule has 5 rings (SSSR count). The number of sulfonamides is 1. The fourth-order valence-corrected chi connectivity index (χ4v) is 5.69. The Morgan fingerprint density at radius 2 is 1.70 bits per heavy atom. The first-order chi connectivity index (χ1) is 15.8. The Labute approximate surface area is 194 Å². The summed E-state index contributed by atoms with van der Waals surface area (Å²) >= 11 is 0. The quantitative estimate of drug-likeness (QED) is 0.627. The summed E-state index contributed by atoms with van der Waals surface area (Å²) in [5.74, 6) is 0.631. The van der Waals surface area contributed by atoms with E-state index < -0.39 is 10.0 Å². The molecule has 3 aromatic rings. The average Bonchev–Trinajstić information content (AvgIpc) is 3.64. The number of amides is 1. The monoisotopic (exact) mass is 464 g/mol. The van der Waals surface area contributed by atoms with E-state index in [1.165, 1.54) is 4.31 Å². The van der Waals surface area contributed by atoms with Crippen LogP contribution in [0.15, 0.2) is 53.4 Å². The second-order valence-corrected chi connectivity index (χ2v) is 10.9. The van der Waals surface area contributed by atoms with Gasteiger partial charge in [0.15, 0.2) is 0 Å². The number of nitrogens with zero attached hydrogens (tertiary/aromatic N) is 3. The maximum atomic E-state index is 13.2. The zero-order chi connectivity index (χ0) is 23.2. The standard InChI is InChI=1S/C25H28N4O3S/c1-17-7-10-20(15-18(17)2)33(31,32)29-13-11-28(12-14-29)24-16-22(25(30)26-19-8-9-19)21-5-3-4-6-23(21)27-24/h3-7,10,15-16,19H,8-9,11-14H2,1-2H3,(H,26,30). The van der Waals surface area contributed by atoms with Crippen molar-refractivity contribution in [1.29, 1.82) is 0 Å². The zero-order valence-corrected chi connectivity index (χ0v) is 19.7. The van der Waals surface area contributed by atoms with E-state index in [0.717, 1.165) is 34.9 Å². The summed E-state index contributed by atoms with van der Waals surface area (Å²) in [6.45, 7) is 5.66. The third-order valence-electron chi connectivity index (χ3n) is 6.54. The highest BCUT2D eigenvalue weighted by atomic mass is 32.2. The first kappa shape index (κ1) is 21.9. The van der Waals surface area contributed by atoms with Crippen LogP contribution < -0.4 is 10.2 Å². The van der Waals surface area contributed by atoms with Crippen molar-refractivity contribution in [1.82, 2.24) is 14.6 Å². The second-order valence-electron chi connectivity index (χ2n) is 8.93. The number of aromatic nitrogens is 1. The molecule has 0 unspecified atom stereocenters. The molecule has 2 heterocycles. The topological polar surface area (TPSA) is 82.6 Å². The largest absolute Gasteiger partial charge is 0.354 e. The predicted octanol–water partition coefficient (Wildman–Crippen LogP) is 3.25. The maximum absolute atomic E-state index is 13.2. The normalized spacial score (nSPS) is 17.3. The number of carbonyl (C=O) groups excluding carboxylic acids is 1. The van der Waals surface area contributed by atoms with Crippen molar-refractivity contribution in [3.8, 4) is 0 Å². The van der Waals surface area contributed by atoms with Crippen LogP contribution in [-0.4, -0.2) is 55.8 Å². The van der Waals surface area contributed by atoms with Gasteiger partial charge in [0.05, 0.1) is 16.0 Å². The maximum Gasteiger partial charge on any atom is 0.252 e. The van der Waals surface area contributed by atoms with Gasteiger partial charge < -0.3 is 10.2 Å². The van der Waals surface area contributed by atoms with Crippen LogP contribution >= 0.6 is 0 Å². The first-order valence-corrected chi connectivity index (χ1v) is 12.8. The minimum Gasteiger partial charge on any atom is -0.354 e. The number of rotatable bonds is 5. The Balaban J connectivity index is 1.38. The molecule has 0 atom stereocenters.